The van der Waals surface area contributed by atoms with Crippen molar-refractivity contribution in [1.29, 1.82) is 0 Å². The lowest BCUT2D eigenvalue weighted by Crippen LogP contribution is -2.47. The molecule has 0 bridgehead atoms. The van der Waals surface area contributed by atoms with E-state index in [0.717, 1.165) is 5.56 Å². The summed E-state index contributed by atoms with van der Waals surface area (Å²) in [6, 6.07) is 9.52. The molecular weight excluding hydrogens is 436 g/mol. The maximum Gasteiger partial charge on any atom is 0.409 e. The van der Waals surface area contributed by atoms with E-state index in [-0.39, 0.29) is 22.9 Å². The number of esters is 1. The molecule has 3 rings (SSSR count). The van der Waals surface area contributed by atoms with Crippen LogP contribution in [0, 0.1) is 6.92 Å². The Bertz CT molecular complexity index is 955. The van der Waals surface area contributed by atoms with Crippen molar-refractivity contribution in [2.45, 2.75) is 39.3 Å². The van der Waals surface area contributed by atoms with Gasteiger partial charge in [-0.05, 0) is 32.3 Å². The predicted molar refractivity (Wildman–Crippen MR) is 118 cm³/mol. The quantitative estimate of drug-likeness (QED) is 0.635. The van der Waals surface area contributed by atoms with Crippen molar-refractivity contribution in [3.05, 3.63) is 52.3 Å². The Morgan fingerprint density at radius 1 is 1.16 bits per heavy atom. The number of nitrogens with zero attached hydrogens (tertiary/aromatic N) is 3. The smallest absolute Gasteiger partial charge is 0.409 e. The van der Waals surface area contributed by atoms with Crippen molar-refractivity contribution in [2.24, 2.45) is 0 Å². The highest BCUT2D eigenvalue weighted by atomic mass is 35.5. The molecule has 2 aromatic rings. The minimum absolute atomic E-state index is 0.0918. The van der Waals surface area contributed by atoms with Crippen LogP contribution in [0.1, 0.15) is 41.4 Å². The van der Waals surface area contributed by atoms with E-state index in [0.29, 0.717) is 44.8 Å². The van der Waals surface area contributed by atoms with Crippen molar-refractivity contribution in [3.8, 4) is 0 Å². The molecule has 1 N–H and O–H groups in total. The summed E-state index contributed by atoms with van der Waals surface area (Å²) >= 11 is 6.36. The van der Waals surface area contributed by atoms with E-state index in [1.54, 1.807) is 18.7 Å². The molecule has 0 aliphatic carbocycles. The van der Waals surface area contributed by atoms with Crippen LogP contribution in [0.15, 0.2) is 30.3 Å². The number of halogens is 1. The minimum Gasteiger partial charge on any atom is -0.452 e. The molecule has 2 heterocycles. The first-order valence-corrected chi connectivity index (χ1v) is 10.9. The van der Waals surface area contributed by atoms with Crippen molar-refractivity contribution in [3.63, 3.8) is 0 Å². The topological polar surface area (TPSA) is 103 Å². The van der Waals surface area contributed by atoms with E-state index < -0.39 is 18.5 Å². The summed E-state index contributed by atoms with van der Waals surface area (Å²) in [6.45, 7) is 4.75. The van der Waals surface area contributed by atoms with Crippen LogP contribution >= 0.6 is 11.6 Å². The fraction of sp³-hybridized carbons (Fsp3) is 0.455. The van der Waals surface area contributed by atoms with E-state index >= 15 is 0 Å². The Hall–Kier alpha value is -3.07. The van der Waals surface area contributed by atoms with Gasteiger partial charge in [0.2, 0.25) is 0 Å². The Morgan fingerprint density at radius 2 is 1.84 bits per heavy atom. The number of carbonyl (C=O) groups excluding carboxylic acids is 3. The van der Waals surface area contributed by atoms with Crippen molar-refractivity contribution >= 4 is 29.6 Å². The third-order valence-corrected chi connectivity index (χ3v) is 5.55. The molecule has 0 radical (unpaired) electrons. The first kappa shape index (κ1) is 23.6. The Labute approximate surface area is 191 Å². The maximum atomic E-state index is 12.5. The van der Waals surface area contributed by atoms with Gasteiger partial charge in [-0.1, -0.05) is 41.9 Å². The lowest BCUT2D eigenvalue weighted by Gasteiger charge is -2.31. The molecule has 1 aliphatic rings. The number of hydrogen-bond donors (Lipinski definition) is 1. The van der Waals surface area contributed by atoms with Gasteiger partial charge in [0.15, 0.2) is 6.61 Å². The number of piperidine rings is 1. The van der Waals surface area contributed by atoms with E-state index in [2.05, 4.69) is 10.4 Å². The highest BCUT2D eigenvalue weighted by Crippen LogP contribution is 2.22. The lowest BCUT2D eigenvalue weighted by molar-refractivity contribution is -0.125. The van der Waals surface area contributed by atoms with E-state index in [1.807, 2.05) is 30.3 Å². The zero-order valence-corrected chi connectivity index (χ0v) is 18.9. The van der Waals surface area contributed by atoms with Gasteiger partial charge in [0.25, 0.3) is 5.91 Å². The van der Waals surface area contributed by atoms with E-state index in [4.69, 9.17) is 21.1 Å². The summed E-state index contributed by atoms with van der Waals surface area (Å²) in [5, 5.41) is 7.33. The van der Waals surface area contributed by atoms with E-state index in [1.165, 1.54) is 4.68 Å². The van der Waals surface area contributed by atoms with Crippen LogP contribution in [-0.4, -0.2) is 65.0 Å². The van der Waals surface area contributed by atoms with Crippen LogP contribution in [0.2, 0.25) is 5.15 Å². The summed E-state index contributed by atoms with van der Waals surface area (Å²) in [4.78, 5) is 38.1. The average Bonchev–Trinajstić information content (AvgIpc) is 3.06. The normalized spacial score (nSPS) is 14.2. The van der Waals surface area contributed by atoms with Crippen LogP contribution in [0.4, 0.5) is 4.79 Å². The van der Waals surface area contributed by atoms with Crippen LogP contribution in [0.25, 0.3) is 0 Å². The third-order valence-electron chi connectivity index (χ3n) is 5.17. The van der Waals surface area contributed by atoms with Crippen molar-refractivity contribution in [1.82, 2.24) is 20.0 Å². The summed E-state index contributed by atoms with van der Waals surface area (Å²) in [5.41, 5.74) is 1.58. The first-order valence-electron chi connectivity index (χ1n) is 10.5. The second-order valence-corrected chi connectivity index (χ2v) is 7.86. The van der Waals surface area contributed by atoms with Gasteiger partial charge in [0.1, 0.15) is 10.7 Å². The number of carbonyl (C=O) groups is 3. The number of aromatic nitrogens is 2. The molecule has 1 aromatic heterocycles. The Morgan fingerprint density at radius 3 is 2.50 bits per heavy atom. The highest BCUT2D eigenvalue weighted by molar-refractivity contribution is 6.32. The SMILES string of the molecule is CCOC(=O)N1CCC(NC(=O)COC(=O)c2c(C)nn(Cc3ccccc3)c2Cl)CC1. The van der Waals surface area contributed by atoms with Crippen LogP contribution < -0.4 is 5.32 Å². The first-order chi connectivity index (χ1) is 15.4. The Kier molecular flexibility index (Phi) is 8.10. The molecule has 0 atom stereocenters. The number of amides is 2. The Balaban J connectivity index is 1.48. The van der Waals surface area contributed by atoms with Crippen LogP contribution in [0.5, 0.6) is 0 Å². The highest BCUT2D eigenvalue weighted by Gasteiger charge is 2.26. The summed E-state index contributed by atoms with van der Waals surface area (Å²) < 4.78 is 11.7. The molecule has 2 amide bonds. The molecule has 10 heteroatoms. The van der Waals surface area contributed by atoms with Crippen LogP contribution in [0.3, 0.4) is 0 Å². The molecular formula is C22H27ClN4O5. The van der Waals surface area contributed by atoms with Gasteiger partial charge in [0.05, 0.1) is 18.8 Å². The van der Waals surface area contributed by atoms with Gasteiger partial charge in [-0.25, -0.2) is 14.3 Å². The molecule has 0 saturated carbocycles. The minimum atomic E-state index is -0.695. The fourth-order valence-corrected chi connectivity index (χ4v) is 3.85. The van der Waals surface area contributed by atoms with Crippen molar-refractivity contribution in [2.75, 3.05) is 26.3 Å². The molecule has 172 valence electrons. The zero-order chi connectivity index (χ0) is 23.1. The van der Waals surface area contributed by atoms with E-state index in [9.17, 15) is 14.4 Å². The second-order valence-electron chi connectivity index (χ2n) is 7.50. The molecule has 1 aliphatic heterocycles. The number of aryl methyl sites for hydroxylation is 1. The van der Waals surface area contributed by atoms with Gasteiger partial charge in [-0.2, -0.15) is 5.10 Å². The number of ether oxygens (including phenoxy) is 2. The van der Waals surface area contributed by atoms with Gasteiger partial charge in [-0.3, -0.25) is 4.79 Å². The number of rotatable bonds is 7. The fourth-order valence-electron chi connectivity index (χ4n) is 3.54. The van der Waals surface area contributed by atoms with Crippen LogP contribution in [-0.2, 0) is 20.8 Å². The zero-order valence-electron chi connectivity index (χ0n) is 18.2. The summed E-state index contributed by atoms with van der Waals surface area (Å²) in [5.74, 6) is -1.10. The molecule has 9 nitrogen and oxygen atoms in total. The van der Waals surface area contributed by atoms with Gasteiger partial charge >= 0.3 is 12.1 Å². The van der Waals surface area contributed by atoms with Gasteiger partial charge in [-0.15, -0.1) is 0 Å². The molecule has 1 aromatic carbocycles. The van der Waals surface area contributed by atoms with Crippen molar-refractivity contribution < 1.29 is 23.9 Å². The summed E-state index contributed by atoms with van der Waals surface area (Å²) in [6.07, 6.45) is 0.872. The monoisotopic (exact) mass is 462 g/mol. The molecule has 0 unspecified atom stereocenters. The number of likely N-dealkylation sites (tertiary alicyclic amines) is 1. The van der Waals surface area contributed by atoms with Gasteiger partial charge < -0.3 is 19.7 Å². The molecule has 1 fully saturated rings. The average molecular weight is 463 g/mol. The lowest BCUT2D eigenvalue weighted by atomic mass is 10.1. The molecule has 0 spiro atoms. The second kappa shape index (κ2) is 11.0. The number of benzene rings is 1. The summed E-state index contributed by atoms with van der Waals surface area (Å²) in [7, 11) is 0. The number of hydrogen-bond acceptors (Lipinski definition) is 6. The maximum absolute atomic E-state index is 12.5. The van der Waals surface area contributed by atoms with Gasteiger partial charge in [0, 0.05) is 19.1 Å². The molecule has 32 heavy (non-hydrogen) atoms. The number of nitrogens with one attached hydrogen (secondary N) is 1. The standard InChI is InChI=1S/C22H27ClN4O5/c1-3-31-22(30)26-11-9-17(10-12-26)24-18(28)14-32-21(29)19-15(2)25-27(20(19)23)13-16-7-5-4-6-8-16/h4-8,17H,3,9-14H2,1-2H3,(H,24,28). The third kappa shape index (κ3) is 6.00. The largest absolute Gasteiger partial charge is 0.452 e. The molecule has 1 saturated heterocycles. The predicted octanol–water partition coefficient (Wildman–Crippen LogP) is 2.79.